The van der Waals surface area contributed by atoms with Crippen molar-refractivity contribution >= 4 is 41.5 Å². The molecule has 1 rings (SSSR count). The number of aliphatic imine (C=N–C) groups is 1. The standard InChI is InChI=1S/C13H19ClFN3.HI/c1-9(2)18-13(16-3)17-8-7-10-11(14)5-4-6-12(10)15;/h4-6,9H,7-8H2,1-3H3,(H2,16,17,18);1H. The van der Waals surface area contributed by atoms with Crippen molar-refractivity contribution in [1.29, 1.82) is 0 Å². The van der Waals surface area contributed by atoms with E-state index in [0.29, 0.717) is 35.6 Å². The van der Waals surface area contributed by atoms with Crippen molar-refractivity contribution in [3.8, 4) is 0 Å². The normalized spacial score (nSPS) is 11.2. The van der Waals surface area contributed by atoms with Crippen LogP contribution in [0.15, 0.2) is 23.2 Å². The molecule has 1 aromatic carbocycles. The summed E-state index contributed by atoms with van der Waals surface area (Å²) in [5.41, 5.74) is 0.534. The monoisotopic (exact) mass is 399 g/mol. The van der Waals surface area contributed by atoms with Gasteiger partial charge in [0.1, 0.15) is 5.82 Å². The van der Waals surface area contributed by atoms with Crippen molar-refractivity contribution in [2.45, 2.75) is 26.3 Å². The van der Waals surface area contributed by atoms with Gasteiger partial charge in [0.2, 0.25) is 0 Å². The van der Waals surface area contributed by atoms with Crippen LogP contribution in [0.4, 0.5) is 4.39 Å². The minimum absolute atomic E-state index is 0. The summed E-state index contributed by atoms with van der Waals surface area (Å²) in [5, 5.41) is 6.74. The summed E-state index contributed by atoms with van der Waals surface area (Å²) in [6.07, 6.45) is 0.518. The van der Waals surface area contributed by atoms with Crippen LogP contribution in [0.25, 0.3) is 0 Å². The van der Waals surface area contributed by atoms with E-state index in [9.17, 15) is 4.39 Å². The second-order valence-electron chi connectivity index (χ2n) is 4.25. The molecule has 0 aliphatic rings. The van der Waals surface area contributed by atoms with Gasteiger partial charge in [0.25, 0.3) is 0 Å². The molecule has 0 unspecified atom stereocenters. The fourth-order valence-corrected chi connectivity index (χ4v) is 1.80. The summed E-state index contributed by atoms with van der Waals surface area (Å²) >= 11 is 5.95. The molecule has 3 nitrogen and oxygen atoms in total. The Morgan fingerprint density at radius 3 is 2.63 bits per heavy atom. The molecule has 19 heavy (non-hydrogen) atoms. The van der Waals surface area contributed by atoms with Crippen molar-refractivity contribution in [2.75, 3.05) is 13.6 Å². The van der Waals surface area contributed by atoms with Crippen LogP contribution >= 0.6 is 35.6 Å². The van der Waals surface area contributed by atoms with Gasteiger partial charge in [0.05, 0.1) is 0 Å². The van der Waals surface area contributed by atoms with Crippen molar-refractivity contribution in [2.24, 2.45) is 4.99 Å². The fourth-order valence-electron chi connectivity index (χ4n) is 1.55. The highest BCUT2D eigenvalue weighted by molar-refractivity contribution is 14.0. The molecule has 1 aromatic rings. The number of nitrogens with zero attached hydrogens (tertiary/aromatic N) is 1. The predicted molar refractivity (Wildman–Crippen MR) is 90.2 cm³/mol. The quantitative estimate of drug-likeness (QED) is 0.463. The molecular formula is C13H20ClFIN3. The second-order valence-corrected chi connectivity index (χ2v) is 4.66. The van der Waals surface area contributed by atoms with Crippen LogP contribution in [0.1, 0.15) is 19.4 Å². The summed E-state index contributed by atoms with van der Waals surface area (Å²) in [6, 6.07) is 5.02. The van der Waals surface area contributed by atoms with Gasteiger partial charge in [-0.15, -0.1) is 24.0 Å². The Balaban J connectivity index is 0.00000324. The van der Waals surface area contributed by atoms with Crippen molar-refractivity contribution in [3.63, 3.8) is 0 Å². The SMILES string of the molecule is CN=C(NCCc1c(F)cccc1Cl)NC(C)C.I. The topological polar surface area (TPSA) is 36.4 Å². The molecule has 0 amide bonds. The third-order valence-corrected chi connectivity index (χ3v) is 2.73. The lowest BCUT2D eigenvalue weighted by Crippen LogP contribution is -2.41. The van der Waals surface area contributed by atoms with Gasteiger partial charge < -0.3 is 10.6 Å². The van der Waals surface area contributed by atoms with E-state index in [2.05, 4.69) is 15.6 Å². The third kappa shape index (κ3) is 6.42. The van der Waals surface area contributed by atoms with Crippen molar-refractivity contribution in [3.05, 3.63) is 34.6 Å². The van der Waals surface area contributed by atoms with Crippen LogP contribution in [-0.4, -0.2) is 25.6 Å². The number of rotatable bonds is 4. The third-order valence-electron chi connectivity index (χ3n) is 2.38. The lowest BCUT2D eigenvalue weighted by Gasteiger charge is -2.14. The Morgan fingerprint density at radius 1 is 1.42 bits per heavy atom. The summed E-state index contributed by atoms with van der Waals surface area (Å²) < 4.78 is 13.5. The molecule has 0 heterocycles. The van der Waals surface area contributed by atoms with E-state index in [4.69, 9.17) is 11.6 Å². The van der Waals surface area contributed by atoms with Crippen molar-refractivity contribution < 1.29 is 4.39 Å². The molecule has 6 heteroatoms. The number of nitrogens with one attached hydrogen (secondary N) is 2. The highest BCUT2D eigenvalue weighted by Gasteiger charge is 2.07. The lowest BCUT2D eigenvalue weighted by molar-refractivity contribution is 0.606. The van der Waals surface area contributed by atoms with Crippen LogP contribution in [0.5, 0.6) is 0 Å². The number of guanidine groups is 1. The summed E-state index contributed by atoms with van der Waals surface area (Å²) in [6.45, 7) is 4.63. The first-order valence-electron chi connectivity index (χ1n) is 5.94. The Bertz CT molecular complexity index is 404. The van der Waals surface area contributed by atoms with Gasteiger partial charge in [-0.3, -0.25) is 4.99 Å². The highest BCUT2D eigenvalue weighted by Crippen LogP contribution is 2.18. The van der Waals surface area contributed by atoms with E-state index in [0.717, 1.165) is 0 Å². The number of halogens is 3. The van der Waals surface area contributed by atoms with Gasteiger partial charge in [0.15, 0.2) is 5.96 Å². The first-order valence-corrected chi connectivity index (χ1v) is 6.32. The first kappa shape index (κ1) is 18.4. The van der Waals surface area contributed by atoms with E-state index in [-0.39, 0.29) is 29.8 Å². The zero-order valence-corrected chi connectivity index (χ0v) is 14.4. The maximum Gasteiger partial charge on any atom is 0.191 e. The Hall–Kier alpha value is -0.560. The van der Waals surface area contributed by atoms with Crippen LogP contribution in [0, 0.1) is 5.82 Å². The number of hydrogen-bond donors (Lipinski definition) is 2. The van der Waals surface area contributed by atoms with E-state index in [1.807, 2.05) is 13.8 Å². The smallest absolute Gasteiger partial charge is 0.191 e. The zero-order valence-electron chi connectivity index (χ0n) is 11.3. The van der Waals surface area contributed by atoms with Gasteiger partial charge in [0, 0.05) is 30.2 Å². The van der Waals surface area contributed by atoms with E-state index >= 15 is 0 Å². The van der Waals surface area contributed by atoms with E-state index in [1.165, 1.54) is 6.07 Å². The van der Waals surface area contributed by atoms with Crippen LogP contribution < -0.4 is 10.6 Å². The van der Waals surface area contributed by atoms with Crippen LogP contribution in [0.3, 0.4) is 0 Å². The highest BCUT2D eigenvalue weighted by atomic mass is 127. The molecule has 0 atom stereocenters. The molecule has 0 aliphatic carbocycles. The first-order chi connectivity index (χ1) is 8.54. The van der Waals surface area contributed by atoms with Gasteiger partial charge >= 0.3 is 0 Å². The van der Waals surface area contributed by atoms with Crippen LogP contribution in [0.2, 0.25) is 5.02 Å². The molecule has 0 spiro atoms. The minimum atomic E-state index is -0.267. The largest absolute Gasteiger partial charge is 0.356 e. The summed E-state index contributed by atoms with van der Waals surface area (Å²) in [5.74, 6) is 0.438. The molecule has 2 N–H and O–H groups in total. The Morgan fingerprint density at radius 2 is 2.11 bits per heavy atom. The molecule has 0 fully saturated rings. The van der Waals surface area contributed by atoms with Gasteiger partial charge in [-0.1, -0.05) is 17.7 Å². The van der Waals surface area contributed by atoms with Gasteiger partial charge in [-0.2, -0.15) is 0 Å². The maximum atomic E-state index is 13.5. The van der Waals surface area contributed by atoms with Crippen molar-refractivity contribution in [1.82, 2.24) is 10.6 Å². The van der Waals surface area contributed by atoms with E-state index < -0.39 is 0 Å². The Labute approximate surface area is 136 Å². The average molecular weight is 400 g/mol. The van der Waals surface area contributed by atoms with Gasteiger partial charge in [-0.05, 0) is 32.4 Å². The maximum absolute atomic E-state index is 13.5. The number of benzene rings is 1. The Kier molecular flexibility index (Phi) is 9.08. The van der Waals surface area contributed by atoms with Crippen LogP contribution in [-0.2, 0) is 6.42 Å². The molecule has 0 bridgehead atoms. The number of hydrogen-bond acceptors (Lipinski definition) is 1. The van der Waals surface area contributed by atoms with E-state index in [1.54, 1.807) is 19.2 Å². The second kappa shape index (κ2) is 9.36. The average Bonchev–Trinajstić information content (AvgIpc) is 2.31. The fraction of sp³-hybridized carbons (Fsp3) is 0.462. The summed E-state index contributed by atoms with van der Waals surface area (Å²) in [4.78, 5) is 4.07. The molecular weight excluding hydrogens is 380 g/mol. The molecule has 108 valence electrons. The minimum Gasteiger partial charge on any atom is -0.356 e. The molecule has 0 radical (unpaired) electrons. The van der Waals surface area contributed by atoms with Gasteiger partial charge in [-0.25, -0.2) is 4.39 Å². The lowest BCUT2D eigenvalue weighted by atomic mass is 10.1. The molecule has 0 saturated carbocycles. The molecule has 0 aliphatic heterocycles. The molecule has 0 saturated heterocycles. The summed E-state index contributed by atoms with van der Waals surface area (Å²) in [7, 11) is 1.70. The zero-order chi connectivity index (χ0) is 13.5. The predicted octanol–water partition coefficient (Wildman–Crippen LogP) is 3.21. The molecule has 0 aromatic heterocycles.